The van der Waals surface area contributed by atoms with Gasteiger partial charge in [-0.1, -0.05) is 12.8 Å². The lowest BCUT2D eigenvalue weighted by atomic mass is 9.80. The molecule has 0 aromatic heterocycles. The lowest BCUT2D eigenvalue weighted by molar-refractivity contribution is -0.117. The molecule has 0 bridgehead atoms. The fraction of sp³-hybridized carbons (Fsp3) is 1.00. The molecule has 20 heavy (non-hydrogen) atoms. The van der Waals surface area contributed by atoms with Gasteiger partial charge in [0, 0.05) is 17.6 Å². The van der Waals surface area contributed by atoms with Crippen LogP contribution < -0.4 is 0 Å². The van der Waals surface area contributed by atoms with Gasteiger partial charge in [0.2, 0.25) is 0 Å². The lowest BCUT2D eigenvalue weighted by Gasteiger charge is -2.44. The second kappa shape index (κ2) is 7.26. The topological polar surface area (TPSA) is 29.5 Å². The maximum absolute atomic E-state index is 10.6. The van der Waals surface area contributed by atoms with Crippen molar-refractivity contribution >= 4 is 23.5 Å². The zero-order valence-electron chi connectivity index (χ0n) is 12.4. The third-order valence-electron chi connectivity index (χ3n) is 5.28. The van der Waals surface area contributed by atoms with Gasteiger partial charge in [-0.05, 0) is 55.9 Å². The van der Waals surface area contributed by atoms with Gasteiger partial charge in [0.05, 0.1) is 11.7 Å². The molecule has 2 heterocycles. The summed E-state index contributed by atoms with van der Waals surface area (Å²) in [6.07, 6.45) is 9.95. The summed E-state index contributed by atoms with van der Waals surface area (Å²) in [6, 6.07) is 0. The molecule has 3 aliphatic rings. The number of rotatable bonds is 4. The highest BCUT2D eigenvalue weighted by atomic mass is 32.2. The third-order valence-corrected chi connectivity index (χ3v) is 7.75. The highest BCUT2D eigenvalue weighted by Gasteiger charge is 2.40. The Morgan fingerprint density at radius 1 is 1.20 bits per heavy atom. The quantitative estimate of drug-likeness (QED) is 0.856. The van der Waals surface area contributed by atoms with Crippen molar-refractivity contribution in [3.63, 3.8) is 0 Å². The van der Waals surface area contributed by atoms with Gasteiger partial charge in [0.25, 0.3) is 0 Å². The predicted octanol–water partition coefficient (Wildman–Crippen LogP) is 3.72. The SMILES string of the molecule is OC(CSC1CCCC1)C1CCOC2(CCSCC2)C1. The van der Waals surface area contributed by atoms with E-state index in [1.165, 1.54) is 50.0 Å². The molecule has 2 unspecified atom stereocenters. The van der Waals surface area contributed by atoms with Crippen LogP contribution in [0.4, 0.5) is 0 Å². The number of hydrogen-bond acceptors (Lipinski definition) is 4. The van der Waals surface area contributed by atoms with Crippen LogP contribution in [0.15, 0.2) is 0 Å². The molecule has 0 radical (unpaired) electrons. The van der Waals surface area contributed by atoms with Crippen LogP contribution in [-0.2, 0) is 4.74 Å². The third kappa shape index (κ3) is 3.88. The largest absolute Gasteiger partial charge is 0.392 e. The molecule has 4 heteroatoms. The molecule has 2 saturated heterocycles. The standard InChI is InChI=1S/C16H28O2S2/c17-15(12-20-14-3-1-2-4-14)13-5-8-18-16(11-13)6-9-19-10-7-16/h13-15,17H,1-12H2. The van der Waals surface area contributed by atoms with E-state index in [2.05, 4.69) is 11.8 Å². The Hall–Kier alpha value is 0.620. The van der Waals surface area contributed by atoms with Crippen molar-refractivity contribution in [3.8, 4) is 0 Å². The van der Waals surface area contributed by atoms with Gasteiger partial charge in [0.1, 0.15) is 0 Å². The van der Waals surface area contributed by atoms with E-state index in [4.69, 9.17) is 4.74 Å². The van der Waals surface area contributed by atoms with Gasteiger partial charge in [-0.25, -0.2) is 0 Å². The zero-order valence-corrected chi connectivity index (χ0v) is 14.0. The monoisotopic (exact) mass is 316 g/mol. The molecule has 2 aliphatic heterocycles. The van der Waals surface area contributed by atoms with E-state index in [9.17, 15) is 5.11 Å². The Kier molecular flexibility index (Phi) is 5.63. The van der Waals surface area contributed by atoms with E-state index in [-0.39, 0.29) is 11.7 Å². The Balaban J connectivity index is 1.47. The highest BCUT2D eigenvalue weighted by molar-refractivity contribution is 8.00. The maximum Gasteiger partial charge on any atom is 0.0701 e. The van der Waals surface area contributed by atoms with Gasteiger partial charge >= 0.3 is 0 Å². The van der Waals surface area contributed by atoms with Crippen LogP contribution in [0, 0.1) is 5.92 Å². The Morgan fingerprint density at radius 3 is 2.70 bits per heavy atom. The molecule has 3 fully saturated rings. The Bertz CT molecular complexity index is 293. The van der Waals surface area contributed by atoms with E-state index in [1.54, 1.807) is 0 Å². The van der Waals surface area contributed by atoms with E-state index in [0.717, 1.165) is 30.5 Å². The van der Waals surface area contributed by atoms with Crippen molar-refractivity contribution in [2.75, 3.05) is 23.9 Å². The summed E-state index contributed by atoms with van der Waals surface area (Å²) in [5, 5.41) is 11.4. The minimum Gasteiger partial charge on any atom is -0.392 e. The Morgan fingerprint density at radius 2 is 1.95 bits per heavy atom. The molecule has 0 aromatic rings. The summed E-state index contributed by atoms with van der Waals surface area (Å²) in [6.45, 7) is 0.862. The fourth-order valence-corrected chi connectivity index (χ4v) is 6.56. The average molecular weight is 317 g/mol. The van der Waals surface area contributed by atoms with Crippen LogP contribution in [0.1, 0.15) is 51.4 Å². The minimum absolute atomic E-state index is 0.115. The summed E-state index contributed by atoms with van der Waals surface area (Å²) in [5.74, 6) is 3.89. The number of ether oxygens (including phenoxy) is 1. The van der Waals surface area contributed by atoms with Crippen molar-refractivity contribution in [1.82, 2.24) is 0 Å². The fourth-order valence-electron chi connectivity index (χ4n) is 3.91. The van der Waals surface area contributed by atoms with Crippen LogP contribution in [0.5, 0.6) is 0 Å². The van der Waals surface area contributed by atoms with Crippen molar-refractivity contribution in [1.29, 1.82) is 0 Å². The summed E-state index contributed by atoms with van der Waals surface area (Å²) in [4.78, 5) is 0. The van der Waals surface area contributed by atoms with Crippen LogP contribution in [0.25, 0.3) is 0 Å². The maximum atomic E-state index is 10.6. The van der Waals surface area contributed by atoms with Crippen LogP contribution in [-0.4, -0.2) is 45.9 Å². The first kappa shape index (κ1) is 15.5. The molecule has 1 aliphatic carbocycles. The molecule has 1 saturated carbocycles. The Labute approximate surface area is 131 Å². The number of hydrogen-bond donors (Lipinski definition) is 1. The number of aliphatic hydroxyl groups is 1. The van der Waals surface area contributed by atoms with Crippen molar-refractivity contribution < 1.29 is 9.84 Å². The smallest absolute Gasteiger partial charge is 0.0701 e. The first-order valence-corrected chi connectivity index (χ1v) is 10.5. The molecule has 0 aromatic carbocycles. The van der Waals surface area contributed by atoms with Gasteiger partial charge in [-0.2, -0.15) is 23.5 Å². The van der Waals surface area contributed by atoms with E-state index < -0.39 is 0 Å². The lowest BCUT2D eigenvalue weighted by Crippen LogP contribution is -2.45. The van der Waals surface area contributed by atoms with Gasteiger partial charge in [-0.3, -0.25) is 0 Å². The number of aliphatic hydroxyl groups excluding tert-OH is 1. The van der Waals surface area contributed by atoms with Crippen LogP contribution in [0.2, 0.25) is 0 Å². The normalized spacial score (nSPS) is 32.5. The van der Waals surface area contributed by atoms with E-state index in [1.807, 2.05) is 11.8 Å². The summed E-state index contributed by atoms with van der Waals surface area (Å²) in [5.41, 5.74) is 0.118. The highest BCUT2D eigenvalue weighted by Crippen LogP contribution is 2.41. The second-order valence-electron chi connectivity index (χ2n) is 6.70. The van der Waals surface area contributed by atoms with Crippen molar-refractivity contribution in [3.05, 3.63) is 0 Å². The van der Waals surface area contributed by atoms with Gasteiger partial charge in [-0.15, -0.1) is 0 Å². The molecular formula is C16H28O2S2. The molecule has 1 N–H and O–H groups in total. The average Bonchev–Trinajstić information content (AvgIpc) is 2.99. The molecule has 0 amide bonds. The van der Waals surface area contributed by atoms with E-state index in [0.29, 0.717) is 5.92 Å². The molecule has 1 spiro atoms. The molecular weight excluding hydrogens is 288 g/mol. The molecule has 116 valence electrons. The van der Waals surface area contributed by atoms with Gasteiger partial charge < -0.3 is 9.84 Å². The van der Waals surface area contributed by atoms with Crippen LogP contribution >= 0.6 is 23.5 Å². The van der Waals surface area contributed by atoms with Crippen molar-refractivity contribution in [2.24, 2.45) is 5.92 Å². The predicted molar refractivity (Wildman–Crippen MR) is 88.7 cm³/mol. The van der Waals surface area contributed by atoms with E-state index >= 15 is 0 Å². The minimum atomic E-state index is -0.115. The van der Waals surface area contributed by atoms with Gasteiger partial charge in [0.15, 0.2) is 0 Å². The first-order valence-electron chi connectivity index (χ1n) is 8.29. The van der Waals surface area contributed by atoms with Crippen molar-refractivity contribution in [2.45, 2.75) is 68.3 Å². The zero-order chi connectivity index (χ0) is 13.8. The number of thioether (sulfide) groups is 2. The summed E-state index contributed by atoms with van der Waals surface area (Å²) < 4.78 is 6.13. The summed E-state index contributed by atoms with van der Waals surface area (Å²) in [7, 11) is 0. The molecule has 2 atom stereocenters. The summed E-state index contributed by atoms with van der Waals surface area (Å²) >= 11 is 4.08. The molecule has 3 rings (SSSR count). The molecule has 2 nitrogen and oxygen atoms in total. The first-order chi connectivity index (χ1) is 9.77. The van der Waals surface area contributed by atoms with Crippen LogP contribution in [0.3, 0.4) is 0 Å². The second-order valence-corrected chi connectivity index (χ2v) is 9.26.